The number of piperidine rings is 1. The van der Waals surface area contributed by atoms with E-state index in [4.69, 9.17) is 4.74 Å². The average molecular weight is 543 g/mol. The molecule has 176 valence electrons. The topological polar surface area (TPSA) is 48.9 Å². The van der Waals surface area contributed by atoms with Crippen LogP contribution in [0.4, 0.5) is 0 Å². The Morgan fingerprint density at radius 2 is 1.97 bits per heavy atom. The second-order valence-corrected chi connectivity index (χ2v) is 9.25. The molecule has 2 aliphatic rings. The minimum atomic E-state index is 0. The lowest BCUT2D eigenvalue weighted by Crippen LogP contribution is -2.52. The molecule has 2 N–H and O–H groups in total. The molecule has 1 aromatic rings. The van der Waals surface area contributed by atoms with Gasteiger partial charge >= 0.3 is 0 Å². The first-order valence-electron chi connectivity index (χ1n) is 12.0. The summed E-state index contributed by atoms with van der Waals surface area (Å²) >= 11 is 0. The van der Waals surface area contributed by atoms with Crippen LogP contribution in [0.1, 0.15) is 64.4 Å². The summed E-state index contributed by atoms with van der Waals surface area (Å²) in [6.45, 7) is 9.30. The Kier molecular flexibility index (Phi) is 11.6. The maximum atomic E-state index is 5.66. The fourth-order valence-corrected chi connectivity index (χ4v) is 5.14. The molecule has 5 nitrogen and oxygen atoms in total. The van der Waals surface area contributed by atoms with Crippen LogP contribution >= 0.6 is 24.0 Å². The van der Waals surface area contributed by atoms with Crippen molar-refractivity contribution in [1.29, 1.82) is 0 Å². The predicted molar refractivity (Wildman–Crippen MR) is 141 cm³/mol. The highest BCUT2D eigenvalue weighted by atomic mass is 127. The molecule has 2 atom stereocenters. The Morgan fingerprint density at radius 3 is 2.61 bits per heavy atom. The van der Waals surface area contributed by atoms with Gasteiger partial charge in [0, 0.05) is 52.0 Å². The highest BCUT2D eigenvalue weighted by molar-refractivity contribution is 14.0. The first-order chi connectivity index (χ1) is 14.6. The third-order valence-corrected chi connectivity index (χ3v) is 7.08. The van der Waals surface area contributed by atoms with Gasteiger partial charge in [0.05, 0.1) is 0 Å². The number of nitrogens with one attached hydrogen (secondary N) is 2. The molecule has 1 aliphatic carbocycles. The molecule has 1 heterocycles. The molecule has 0 bridgehead atoms. The van der Waals surface area contributed by atoms with Crippen molar-refractivity contribution in [2.75, 3.05) is 33.4 Å². The van der Waals surface area contributed by atoms with E-state index in [0.717, 1.165) is 58.1 Å². The number of aliphatic imine (C=N–C) groups is 1. The summed E-state index contributed by atoms with van der Waals surface area (Å²) in [7, 11) is 1.89. The van der Waals surface area contributed by atoms with Crippen LogP contribution in [-0.2, 0) is 11.3 Å². The lowest BCUT2D eigenvalue weighted by Gasteiger charge is -2.38. The van der Waals surface area contributed by atoms with E-state index in [9.17, 15) is 0 Å². The number of ether oxygens (including phenoxy) is 1. The molecule has 31 heavy (non-hydrogen) atoms. The van der Waals surface area contributed by atoms with Crippen molar-refractivity contribution in [3.05, 3.63) is 35.9 Å². The molecule has 1 saturated carbocycles. The van der Waals surface area contributed by atoms with Crippen LogP contribution < -0.4 is 10.6 Å². The molecule has 6 heteroatoms. The Morgan fingerprint density at radius 1 is 1.23 bits per heavy atom. The monoisotopic (exact) mass is 542 g/mol. The first-order valence-corrected chi connectivity index (χ1v) is 12.0. The maximum absolute atomic E-state index is 5.66. The van der Waals surface area contributed by atoms with E-state index in [1.807, 2.05) is 7.05 Å². The van der Waals surface area contributed by atoms with E-state index in [1.54, 1.807) is 0 Å². The number of benzene rings is 1. The molecular weight excluding hydrogens is 499 g/mol. The normalized spacial score (nSPS) is 23.9. The van der Waals surface area contributed by atoms with Crippen molar-refractivity contribution >= 4 is 29.9 Å². The van der Waals surface area contributed by atoms with Crippen LogP contribution in [0, 0.1) is 5.41 Å². The van der Waals surface area contributed by atoms with Crippen molar-refractivity contribution in [3.8, 4) is 0 Å². The van der Waals surface area contributed by atoms with Crippen LogP contribution in [0.25, 0.3) is 0 Å². The average Bonchev–Trinajstić information content (AvgIpc) is 3.23. The molecule has 1 aromatic carbocycles. The number of hydrogen-bond acceptors (Lipinski definition) is 3. The zero-order valence-corrected chi connectivity index (χ0v) is 22.1. The van der Waals surface area contributed by atoms with Crippen molar-refractivity contribution in [1.82, 2.24) is 15.5 Å². The zero-order valence-electron chi connectivity index (χ0n) is 19.7. The minimum absolute atomic E-state index is 0. The molecule has 3 rings (SSSR count). The molecule has 0 spiro atoms. The number of halogens is 1. The quantitative estimate of drug-likeness (QED) is 0.204. The Balaban J connectivity index is 0.00000341. The van der Waals surface area contributed by atoms with Gasteiger partial charge in [-0.25, -0.2) is 0 Å². The number of hydrogen-bond donors (Lipinski definition) is 2. The third-order valence-electron chi connectivity index (χ3n) is 7.08. The highest BCUT2D eigenvalue weighted by Crippen LogP contribution is 2.40. The molecule has 0 radical (unpaired) electrons. The van der Waals surface area contributed by atoms with Crippen molar-refractivity contribution in [2.45, 2.75) is 77.4 Å². The molecule has 0 amide bonds. The van der Waals surface area contributed by atoms with E-state index in [1.165, 1.54) is 31.2 Å². The number of nitrogens with zero attached hydrogens (tertiary/aromatic N) is 2. The summed E-state index contributed by atoms with van der Waals surface area (Å²) in [6, 6.07) is 11.9. The zero-order chi connectivity index (χ0) is 21.2. The molecule has 0 aromatic heterocycles. The fraction of sp³-hybridized carbons (Fsp3) is 0.720. The van der Waals surface area contributed by atoms with Gasteiger partial charge in [0.2, 0.25) is 0 Å². The molecule has 2 fully saturated rings. The van der Waals surface area contributed by atoms with Crippen LogP contribution in [0.3, 0.4) is 0 Å². The first kappa shape index (κ1) is 26.4. The van der Waals surface area contributed by atoms with Gasteiger partial charge in [0.25, 0.3) is 0 Å². The summed E-state index contributed by atoms with van der Waals surface area (Å²) in [5, 5.41) is 7.37. The maximum Gasteiger partial charge on any atom is 0.191 e. The summed E-state index contributed by atoms with van der Waals surface area (Å²) in [4.78, 5) is 7.13. The molecule has 1 saturated heterocycles. The van der Waals surface area contributed by atoms with Gasteiger partial charge < -0.3 is 15.4 Å². The van der Waals surface area contributed by atoms with E-state index < -0.39 is 0 Å². The summed E-state index contributed by atoms with van der Waals surface area (Å²) in [5.74, 6) is 0.964. The number of likely N-dealkylation sites (tertiary alicyclic amines) is 1. The fourth-order valence-electron chi connectivity index (χ4n) is 5.14. The van der Waals surface area contributed by atoms with Gasteiger partial charge in [-0.2, -0.15) is 0 Å². The Labute approximate surface area is 206 Å². The van der Waals surface area contributed by atoms with Crippen molar-refractivity contribution < 1.29 is 4.74 Å². The third kappa shape index (κ3) is 8.21. The summed E-state index contributed by atoms with van der Waals surface area (Å²) in [5.41, 5.74) is 1.78. The van der Waals surface area contributed by atoms with Crippen LogP contribution in [0.2, 0.25) is 0 Å². The van der Waals surface area contributed by atoms with Crippen LogP contribution in [0.5, 0.6) is 0 Å². The van der Waals surface area contributed by atoms with Crippen LogP contribution in [0.15, 0.2) is 35.3 Å². The standard InChI is InChI=1S/C25H42N4O.HI/c1-4-30-17-15-25(13-8-9-14-25)20-27-24(26-3)28-23-12-16-29(21(2)18-23)19-22-10-6-5-7-11-22;/h5-7,10-11,21,23H,4,8-9,12-20H2,1-3H3,(H2,26,27,28);1H. The van der Waals surface area contributed by atoms with E-state index in [-0.39, 0.29) is 24.0 Å². The Bertz CT molecular complexity index is 648. The smallest absolute Gasteiger partial charge is 0.191 e. The molecular formula is C25H43IN4O. The SMILES string of the molecule is CCOCCC1(CNC(=NC)NC2CCN(Cc3ccccc3)C(C)C2)CCCC1.I. The van der Waals surface area contributed by atoms with E-state index in [2.05, 4.69) is 64.7 Å². The van der Waals surface area contributed by atoms with Crippen LogP contribution in [-0.4, -0.2) is 56.3 Å². The molecule has 1 aliphatic heterocycles. The van der Waals surface area contributed by atoms with E-state index in [0.29, 0.717) is 17.5 Å². The van der Waals surface area contributed by atoms with Crippen molar-refractivity contribution in [2.24, 2.45) is 10.4 Å². The van der Waals surface area contributed by atoms with Crippen molar-refractivity contribution in [3.63, 3.8) is 0 Å². The summed E-state index contributed by atoms with van der Waals surface area (Å²) < 4.78 is 5.66. The van der Waals surface area contributed by atoms with Gasteiger partial charge in [-0.15, -0.1) is 24.0 Å². The minimum Gasteiger partial charge on any atom is -0.382 e. The second kappa shape index (κ2) is 13.6. The van der Waals surface area contributed by atoms with Gasteiger partial charge in [0.1, 0.15) is 0 Å². The number of rotatable bonds is 9. The largest absolute Gasteiger partial charge is 0.382 e. The lowest BCUT2D eigenvalue weighted by molar-refractivity contribution is 0.104. The highest BCUT2D eigenvalue weighted by Gasteiger charge is 2.34. The predicted octanol–water partition coefficient (Wildman–Crippen LogP) is 4.81. The second-order valence-electron chi connectivity index (χ2n) is 9.25. The number of guanidine groups is 1. The van der Waals surface area contributed by atoms with E-state index >= 15 is 0 Å². The summed E-state index contributed by atoms with van der Waals surface area (Å²) in [6.07, 6.45) is 8.77. The van der Waals surface area contributed by atoms with Gasteiger partial charge in [-0.1, -0.05) is 43.2 Å². The lowest BCUT2D eigenvalue weighted by atomic mass is 9.83. The molecule has 2 unspecified atom stereocenters. The van der Waals surface area contributed by atoms with Gasteiger partial charge in [-0.3, -0.25) is 9.89 Å². The van der Waals surface area contributed by atoms with Gasteiger partial charge in [0.15, 0.2) is 5.96 Å². The van der Waals surface area contributed by atoms with Gasteiger partial charge in [-0.05, 0) is 56.9 Å². The Hall–Kier alpha value is -0.860.